The summed E-state index contributed by atoms with van der Waals surface area (Å²) >= 11 is 0. The van der Waals surface area contributed by atoms with Gasteiger partial charge in [0.05, 0.1) is 0 Å². The van der Waals surface area contributed by atoms with Crippen LogP contribution in [0.15, 0.2) is 18.2 Å². The number of aromatic nitrogens is 1. The van der Waals surface area contributed by atoms with Gasteiger partial charge < -0.3 is 9.64 Å². The van der Waals surface area contributed by atoms with E-state index in [9.17, 15) is 18.0 Å². The van der Waals surface area contributed by atoms with Gasteiger partial charge in [0.1, 0.15) is 5.69 Å². The largest absolute Gasteiger partial charge is 0.468 e. The van der Waals surface area contributed by atoms with Crippen LogP contribution in [0.3, 0.4) is 0 Å². The summed E-state index contributed by atoms with van der Waals surface area (Å²) in [6.07, 6.45) is -1.48. The molecule has 134 valence electrons. The van der Waals surface area contributed by atoms with E-state index < -0.39 is 12.8 Å². The van der Waals surface area contributed by atoms with E-state index in [0.29, 0.717) is 24.9 Å². The average molecular weight is 344 g/mol. The van der Waals surface area contributed by atoms with Gasteiger partial charge in [-0.25, -0.2) is 4.98 Å². The molecular weight excluding hydrogens is 321 g/mol. The molecule has 1 amide bonds. The number of amides is 1. The van der Waals surface area contributed by atoms with Crippen molar-refractivity contribution in [1.82, 2.24) is 9.88 Å². The topological polar surface area (TPSA) is 42.4 Å². The molecule has 0 N–H and O–H groups in total. The lowest BCUT2D eigenvalue weighted by Crippen LogP contribution is -2.32. The van der Waals surface area contributed by atoms with Crippen LogP contribution in [-0.2, 0) is 0 Å². The molecule has 0 aliphatic carbocycles. The smallest absolute Gasteiger partial charge is 0.422 e. The number of alkyl halides is 3. The van der Waals surface area contributed by atoms with E-state index in [0.717, 1.165) is 19.3 Å². The number of ether oxygens (including phenoxy) is 1. The number of carbonyl (C=O) groups is 1. The normalized spacial score (nSPS) is 19.2. The summed E-state index contributed by atoms with van der Waals surface area (Å²) in [6, 6.07) is 4.31. The zero-order valence-electron chi connectivity index (χ0n) is 14.0. The third-order valence-electron chi connectivity index (χ3n) is 4.33. The molecule has 1 aliphatic heterocycles. The van der Waals surface area contributed by atoms with Gasteiger partial charge in [-0.1, -0.05) is 19.9 Å². The van der Waals surface area contributed by atoms with E-state index in [1.165, 1.54) is 18.2 Å². The Morgan fingerprint density at radius 1 is 1.33 bits per heavy atom. The molecule has 0 spiro atoms. The summed E-state index contributed by atoms with van der Waals surface area (Å²) in [6.45, 7) is 4.25. The molecule has 2 heterocycles. The number of carbonyl (C=O) groups excluding carboxylic acids is 1. The molecule has 24 heavy (non-hydrogen) atoms. The molecule has 1 aromatic heterocycles. The highest BCUT2D eigenvalue weighted by atomic mass is 19.4. The van der Waals surface area contributed by atoms with Crippen LogP contribution in [0, 0.1) is 11.8 Å². The first-order chi connectivity index (χ1) is 11.3. The maximum absolute atomic E-state index is 12.6. The number of nitrogens with zero attached hydrogens (tertiary/aromatic N) is 2. The summed E-state index contributed by atoms with van der Waals surface area (Å²) in [5.41, 5.74) is 0.123. The molecule has 1 saturated heterocycles. The number of hydrogen-bond acceptors (Lipinski definition) is 3. The number of rotatable bonds is 4. The van der Waals surface area contributed by atoms with Crippen LogP contribution in [0.1, 0.15) is 43.6 Å². The van der Waals surface area contributed by atoms with Gasteiger partial charge in [-0.3, -0.25) is 4.79 Å². The highest BCUT2D eigenvalue weighted by molar-refractivity contribution is 5.92. The zero-order chi connectivity index (χ0) is 17.7. The maximum atomic E-state index is 12.6. The zero-order valence-corrected chi connectivity index (χ0v) is 14.0. The number of likely N-dealkylation sites (tertiary alicyclic amines) is 1. The lowest BCUT2D eigenvalue weighted by Gasteiger charge is -2.21. The molecule has 4 nitrogen and oxygen atoms in total. The van der Waals surface area contributed by atoms with E-state index in [1.807, 2.05) is 0 Å². The van der Waals surface area contributed by atoms with Gasteiger partial charge in [-0.05, 0) is 37.2 Å². The quantitative estimate of drug-likeness (QED) is 0.831. The van der Waals surface area contributed by atoms with Crippen LogP contribution in [0.5, 0.6) is 5.88 Å². The third kappa shape index (κ3) is 5.39. The van der Waals surface area contributed by atoms with E-state index in [2.05, 4.69) is 23.6 Å². The Kier molecular flexibility index (Phi) is 6.07. The number of halogens is 3. The fourth-order valence-corrected chi connectivity index (χ4v) is 2.92. The van der Waals surface area contributed by atoms with Gasteiger partial charge in [-0.15, -0.1) is 0 Å². The molecule has 0 bridgehead atoms. The first-order valence-electron chi connectivity index (χ1n) is 8.22. The van der Waals surface area contributed by atoms with Crippen molar-refractivity contribution < 1.29 is 22.7 Å². The van der Waals surface area contributed by atoms with Crippen molar-refractivity contribution in [3.63, 3.8) is 0 Å². The van der Waals surface area contributed by atoms with Crippen LogP contribution in [0.4, 0.5) is 13.2 Å². The minimum absolute atomic E-state index is 0.123. The van der Waals surface area contributed by atoms with Crippen molar-refractivity contribution in [2.75, 3.05) is 19.7 Å². The first-order valence-corrected chi connectivity index (χ1v) is 8.22. The predicted molar refractivity (Wildman–Crippen MR) is 83.9 cm³/mol. The van der Waals surface area contributed by atoms with Crippen molar-refractivity contribution in [2.24, 2.45) is 11.8 Å². The molecule has 0 aromatic carbocycles. The van der Waals surface area contributed by atoms with Crippen LogP contribution in [-0.4, -0.2) is 41.7 Å². The van der Waals surface area contributed by atoms with Gasteiger partial charge in [0.25, 0.3) is 5.91 Å². The minimum atomic E-state index is -4.43. The predicted octanol–water partition coefficient (Wildman–Crippen LogP) is 3.92. The fourth-order valence-electron chi connectivity index (χ4n) is 2.92. The van der Waals surface area contributed by atoms with E-state index >= 15 is 0 Å². The molecule has 0 saturated carbocycles. The van der Waals surface area contributed by atoms with E-state index in [-0.39, 0.29) is 17.5 Å². The monoisotopic (exact) mass is 344 g/mol. The molecular formula is C17H23F3N2O2. The lowest BCUT2D eigenvalue weighted by atomic mass is 9.89. The van der Waals surface area contributed by atoms with Crippen LogP contribution >= 0.6 is 0 Å². The number of hydrogen-bond donors (Lipinski definition) is 0. The van der Waals surface area contributed by atoms with Crippen molar-refractivity contribution in [1.29, 1.82) is 0 Å². The van der Waals surface area contributed by atoms with Crippen LogP contribution in [0.2, 0.25) is 0 Å². The summed E-state index contributed by atoms with van der Waals surface area (Å²) in [7, 11) is 0. The molecule has 1 aromatic rings. The highest BCUT2D eigenvalue weighted by Gasteiger charge is 2.29. The van der Waals surface area contributed by atoms with E-state index in [4.69, 9.17) is 0 Å². The Bertz CT molecular complexity index is 561. The second-order valence-corrected chi connectivity index (χ2v) is 6.49. The molecule has 7 heteroatoms. The van der Waals surface area contributed by atoms with Crippen molar-refractivity contribution in [3.8, 4) is 5.88 Å². The van der Waals surface area contributed by atoms with Gasteiger partial charge >= 0.3 is 6.18 Å². The van der Waals surface area contributed by atoms with Crippen LogP contribution < -0.4 is 4.74 Å². The van der Waals surface area contributed by atoms with Crippen molar-refractivity contribution in [2.45, 2.75) is 39.3 Å². The van der Waals surface area contributed by atoms with Gasteiger partial charge in [0, 0.05) is 19.2 Å². The van der Waals surface area contributed by atoms with Gasteiger partial charge in [-0.2, -0.15) is 13.2 Å². The van der Waals surface area contributed by atoms with E-state index in [1.54, 1.807) is 4.90 Å². The second kappa shape index (κ2) is 7.85. The Morgan fingerprint density at radius 2 is 2.08 bits per heavy atom. The summed E-state index contributed by atoms with van der Waals surface area (Å²) in [4.78, 5) is 18.2. The Labute approximate surface area is 140 Å². The molecule has 1 aliphatic rings. The van der Waals surface area contributed by atoms with Gasteiger partial charge in [0.15, 0.2) is 6.61 Å². The average Bonchev–Trinajstić information content (AvgIpc) is 2.78. The maximum Gasteiger partial charge on any atom is 0.422 e. The van der Waals surface area contributed by atoms with Crippen molar-refractivity contribution in [3.05, 3.63) is 23.9 Å². The summed E-state index contributed by atoms with van der Waals surface area (Å²) in [5.74, 6) is 0.736. The minimum Gasteiger partial charge on any atom is -0.468 e. The number of pyridine rings is 1. The lowest BCUT2D eigenvalue weighted by molar-refractivity contribution is -0.154. The molecule has 2 rings (SSSR count). The second-order valence-electron chi connectivity index (χ2n) is 6.49. The van der Waals surface area contributed by atoms with Crippen molar-refractivity contribution >= 4 is 5.91 Å². The molecule has 1 atom stereocenters. The standard InChI is InChI=1S/C17H23F3N2O2/c1-12(2)13-5-4-9-22(10-8-13)16(23)14-6-3-7-15(21-14)24-11-17(18,19)20/h3,6-7,12-13H,4-5,8-11H2,1-2H3/t13-/m0/s1. The Hall–Kier alpha value is -1.79. The molecule has 0 unspecified atom stereocenters. The summed E-state index contributed by atoms with van der Waals surface area (Å²) in [5, 5.41) is 0. The SMILES string of the molecule is CC(C)[C@H]1CCCN(C(=O)c2cccc(OCC(F)(F)F)n2)CC1. The van der Waals surface area contributed by atoms with Crippen LogP contribution in [0.25, 0.3) is 0 Å². The Balaban J connectivity index is 2.01. The summed E-state index contributed by atoms with van der Waals surface area (Å²) < 4.78 is 41.2. The third-order valence-corrected chi connectivity index (χ3v) is 4.33. The van der Waals surface area contributed by atoms with Gasteiger partial charge in [0.2, 0.25) is 5.88 Å². The molecule has 0 radical (unpaired) electrons. The molecule has 1 fully saturated rings. The Morgan fingerprint density at radius 3 is 2.75 bits per heavy atom. The highest BCUT2D eigenvalue weighted by Crippen LogP contribution is 2.25. The fraction of sp³-hybridized carbons (Fsp3) is 0.647. The first kappa shape index (κ1) is 18.5.